The quantitative estimate of drug-likeness (QED) is 0.848. The summed E-state index contributed by atoms with van der Waals surface area (Å²) in [5, 5.41) is 22.3. The number of rotatable bonds is 3. The Kier molecular flexibility index (Phi) is 3.11. The second-order valence-corrected chi connectivity index (χ2v) is 5.16. The van der Waals surface area contributed by atoms with Crippen LogP contribution in [0.15, 0.2) is 22.5 Å². The summed E-state index contributed by atoms with van der Waals surface area (Å²) in [5.41, 5.74) is 10.4. The van der Waals surface area contributed by atoms with Crippen LogP contribution in [0.25, 0.3) is 0 Å². The van der Waals surface area contributed by atoms with Crippen molar-refractivity contribution < 1.29 is 0 Å². The molecular weight excluding hydrogens is 268 g/mol. The molecule has 0 bridgehead atoms. The smallest absolute Gasteiger partial charge is 0.193 e. The van der Waals surface area contributed by atoms with Gasteiger partial charge in [-0.3, -0.25) is 0 Å². The second-order valence-electron chi connectivity index (χ2n) is 3.55. The molecule has 0 aliphatic rings. The van der Waals surface area contributed by atoms with Gasteiger partial charge in [-0.1, -0.05) is 0 Å². The van der Waals surface area contributed by atoms with E-state index in [0.717, 1.165) is 0 Å². The van der Waals surface area contributed by atoms with E-state index >= 15 is 0 Å². The van der Waals surface area contributed by atoms with Crippen LogP contribution in [0.4, 0.5) is 0 Å². The van der Waals surface area contributed by atoms with Crippen molar-refractivity contribution in [2.45, 2.75) is 11.1 Å². The summed E-state index contributed by atoms with van der Waals surface area (Å²) in [7, 11) is 0. The molecule has 0 aliphatic heterocycles. The van der Waals surface area contributed by atoms with Crippen molar-refractivity contribution in [3.63, 3.8) is 0 Å². The van der Waals surface area contributed by atoms with E-state index in [4.69, 9.17) is 11.5 Å². The van der Waals surface area contributed by atoms with Gasteiger partial charge in [0.05, 0.1) is 23.3 Å². The zero-order chi connectivity index (χ0) is 13.2. The van der Waals surface area contributed by atoms with Gasteiger partial charge in [0.15, 0.2) is 11.1 Å². The van der Waals surface area contributed by atoms with Gasteiger partial charge in [0.1, 0.15) is 5.01 Å². The van der Waals surface area contributed by atoms with E-state index in [1.165, 1.54) is 34.4 Å². The van der Waals surface area contributed by atoms with E-state index in [1.807, 2.05) is 12.1 Å². The first kappa shape index (κ1) is 12.6. The van der Waals surface area contributed by atoms with E-state index in [2.05, 4.69) is 9.97 Å². The van der Waals surface area contributed by atoms with Gasteiger partial charge in [-0.2, -0.15) is 10.5 Å². The largest absolute Gasteiger partial charge is 0.305 e. The summed E-state index contributed by atoms with van der Waals surface area (Å²) in [4.78, 5) is 8.00. The van der Waals surface area contributed by atoms with Crippen molar-refractivity contribution in [2.75, 3.05) is 0 Å². The molecule has 6 nitrogen and oxygen atoms in total. The summed E-state index contributed by atoms with van der Waals surface area (Å²) in [6.07, 6.45) is 1.51. The number of aromatic nitrogens is 2. The molecule has 90 valence electrons. The maximum Gasteiger partial charge on any atom is 0.193 e. The highest BCUT2D eigenvalue weighted by Gasteiger charge is 2.53. The molecule has 0 saturated heterocycles. The fourth-order valence-electron chi connectivity index (χ4n) is 1.48. The summed E-state index contributed by atoms with van der Waals surface area (Å²) in [6.45, 7) is 0. The third kappa shape index (κ3) is 1.60. The van der Waals surface area contributed by atoms with Crippen molar-refractivity contribution in [1.29, 1.82) is 10.5 Å². The second kappa shape index (κ2) is 4.44. The van der Waals surface area contributed by atoms with Gasteiger partial charge < -0.3 is 11.5 Å². The minimum atomic E-state index is -1.74. The molecule has 2 aromatic rings. The van der Waals surface area contributed by atoms with E-state index in [1.54, 1.807) is 10.8 Å². The maximum atomic E-state index is 9.36. The fraction of sp³-hybridized carbons (Fsp3) is 0.200. The van der Waals surface area contributed by atoms with E-state index < -0.39 is 11.1 Å². The normalized spacial score (nSPS) is 17.1. The number of nitriles is 2. The van der Waals surface area contributed by atoms with Gasteiger partial charge in [0.25, 0.3) is 0 Å². The lowest BCUT2D eigenvalue weighted by atomic mass is 9.78. The Morgan fingerprint density at radius 3 is 2.33 bits per heavy atom. The first-order valence-corrected chi connectivity index (χ1v) is 6.59. The number of thiazole rings is 2. The van der Waals surface area contributed by atoms with Crippen LogP contribution in [-0.4, -0.2) is 9.97 Å². The Balaban J connectivity index is 2.64. The SMILES string of the molecule is N#CC(N)(c1cscn1)C(N)(C#N)c1nccs1. The lowest BCUT2D eigenvalue weighted by Gasteiger charge is -2.32. The van der Waals surface area contributed by atoms with E-state index in [-0.39, 0.29) is 5.69 Å². The molecule has 2 rings (SSSR count). The molecule has 2 unspecified atom stereocenters. The predicted octanol–water partition coefficient (Wildman–Crippen LogP) is 0.655. The predicted molar refractivity (Wildman–Crippen MR) is 67.2 cm³/mol. The van der Waals surface area contributed by atoms with Crippen LogP contribution in [0.1, 0.15) is 10.7 Å². The molecule has 2 aromatic heterocycles. The van der Waals surface area contributed by atoms with E-state index in [9.17, 15) is 10.5 Å². The monoisotopic (exact) mass is 276 g/mol. The highest BCUT2D eigenvalue weighted by Crippen LogP contribution is 2.36. The van der Waals surface area contributed by atoms with Crippen LogP contribution >= 0.6 is 22.7 Å². The summed E-state index contributed by atoms with van der Waals surface area (Å²) < 4.78 is 0. The van der Waals surface area contributed by atoms with Gasteiger partial charge in [-0.25, -0.2) is 9.97 Å². The number of hydrogen-bond acceptors (Lipinski definition) is 8. The molecule has 2 atom stereocenters. The molecule has 0 radical (unpaired) electrons. The highest BCUT2D eigenvalue weighted by molar-refractivity contribution is 7.09. The van der Waals surface area contributed by atoms with Crippen molar-refractivity contribution >= 4 is 22.7 Å². The summed E-state index contributed by atoms with van der Waals surface area (Å²) in [6, 6.07) is 3.81. The molecule has 0 amide bonds. The van der Waals surface area contributed by atoms with Crippen molar-refractivity contribution in [3.05, 3.63) is 33.2 Å². The van der Waals surface area contributed by atoms with E-state index in [0.29, 0.717) is 5.01 Å². The van der Waals surface area contributed by atoms with Crippen LogP contribution in [0.5, 0.6) is 0 Å². The van der Waals surface area contributed by atoms with Gasteiger partial charge in [0, 0.05) is 17.0 Å². The van der Waals surface area contributed by atoms with Crippen LogP contribution in [0.3, 0.4) is 0 Å². The standard InChI is InChI=1S/C10H8N6S2/c11-4-9(13,7-3-17-6-16-7)10(14,5-12)8-15-1-2-18-8/h1-3,6H,13-14H2. The van der Waals surface area contributed by atoms with Crippen molar-refractivity contribution in [2.24, 2.45) is 11.5 Å². The molecule has 0 saturated carbocycles. The summed E-state index contributed by atoms with van der Waals surface area (Å²) in [5.74, 6) is 0. The average molecular weight is 276 g/mol. The molecule has 2 heterocycles. The first-order valence-electron chi connectivity index (χ1n) is 4.77. The van der Waals surface area contributed by atoms with Gasteiger partial charge >= 0.3 is 0 Å². The molecule has 18 heavy (non-hydrogen) atoms. The Morgan fingerprint density at radius 1 is 1.17 bits per heavy atom. The molecule has 0 fully saturated rings. The van der Waals surface area contributed by atoms with Crippen molar-refractivity contribution in [1.82, 2.24) is 9.97 Å². The number of hydrogen-bond donors (Lipinski definition) is 2. The van der Waals surface area contributed by atoms with Crippen molar-refractivity contribution in [3.8, 4) is 12.1 Å². The Hall–Kier alpha value is -1.84. The highest BCUT2D eigenvalue weighted by atomic mass is 32.1. The molecule has 0 aromatic carbocycles. The first-order chi connectivity index (χ1) is 8.58. The lowest BCUT2D eigenvalue weighted by molar-refractivity contribution is 0.359. The topological polar surface area (TPSA) is 125 Å². The van der Waals surface area contributed by atoms with Crippen LogP contribution in [0.2, 0.25) is 0 Å². The molecular formula is C10H8N6S2. The van der Waals surface area contributed by atoms with Gasteiger partial charge in [0.2, 0.25) is 0 Å². The number of nitrogens with two attached hydrogens (primary N) is 2. The minimum Gasteiger partial charge on any atom is -0.305 e. The van der Waals surface area contributed by atoms with Crippen LogP contribution in [0, 0.1) is 22.7 Å². The molecule has 0 spiro atoms. The Morgan fingerprint density at radius 2 is 1.89 bits per heavy atom. The Bertz CT molecular complexity index is 552. The average Bonchev–Trinajstić information content (AvgIpc) is 3.08. The molecule has 0 aliphatic carbocycles. The minimum absolute atomic E-state index is 0.272. The zero-order valence-electron chi connectivity index (χ0n) is 9.07. The summed E-state index contributed by atoms with van der Waals surface area (Å²) >= 11 is 2.46. The lowest BCUT2D eigenvalue weighted by Crippen LogP contribution is -2.59. The number of nitrogens with zero attached hydrogens (tertiary/aromatic N) is 4. The third-order valence-corrected chi connectivity index (χ3v) is 4.08. The van der Waals surface area contributed by atoms with Gasteiger partial charge in [-0.15, -0.1) is 22.7 Å². The molecule has 8 heteroatoms. The maximum absolute atomic E-state index is 9.36. The zero-order valence-corrected chi connectivity index (χ0v) is 10.7. The van der Waals surface area contributed by atoms with Crippen LogP contribution in [-0.2, 0) is 11.1 Å². The fourth-order valence-corrected chi connectivity index (χ4v) is 2.85. The van der Waals surface area contributed by atoms with Gasteiger partial charge in [-0.05, 0) is 0 Å². The third-order valence-electron chi connectivity index (χ3n) is 2.58. The molecule has 4 N–H and O–H groups in total. The van der Waals surface area contributed by atoms with Crippen LogP contribution < -0.4 is 11.5 Å². The Labute approximate surface area is 111 Å².